The quantitative estimate of drug-likeness (QED) is 0.587. The molecular formula is C23H19BrN2O3. The summed E-state index contributed by atoms with van der Waals surface area (Å²) in [6.45, 7) is 1.19. The summed E-state index contributed by atoms with van der Waals surface area (Å²) in [7, 11) is 0. The van der Waals surface area contributed by atoms with Crippen molar-refractivity contribution >= 4 is 27.4 Å². The highest BCUT2D eigenvalue weighted by Crippen LogP contribution is 2.26. The Morgan fingerprint density at radius 2 is 1.93 bits per heavy atom. The van der Waals surface area contributed by atoms with Gasteiger partial charge in [0, 0.05) is 29.8 Å². The highest BCUT2D eigenvalue weighted by molar-refractivity contribution is 9.10. The van der Waals surface area contributed by atoms with E-state index in [1.54, 1.807) is 35.4 Å². The molecule has 0 atom stereocenters. The number of carbonyl (C=O) groups excluding carboxylic acids is 1. The number of phenolic OH excluding ortho intramolecular Hbond substituents is 1. The highest BCUT2D eigenvalue weighted by Gasteiger charge is 2.19. The minimum atomic E-state index is -0.0486. The summed E-state index contributed by atoms with van der Waals surface area (Å²) in [5.41, 5.74) is 2.80. The topological polar surface area (TPSA) is 62.7 Å². The lowest BCUT2D eigenvalue weighted by molar-refractivity contribution is 0.0772. The molecule has 1 N–H and O–H groups in total. The molecule has 0 fully saturated rings. The minimum absolute atomic E-state index is 0.0486. The first-order valence-electron chi connectivity index (χ1n) is 9.26. The van der Waals surface area contributed by atoms with Crippen LogP contribution in [0.1, 0.15) is 22.3 Å². The molecule has 0 spiro atoms. The van der Waals surface area contributed by atoms with E-state index in [0.29, 0.717) is 30.3 Å². The Morgan fingerprint density at radius 3 is 2.59 bits per heavy atom. The number of carbonyl (C=O) groups is 1. The summed E-state index contributed by atoms with van der Waals surface area (Å²) in [5.74, 6) is 1.32. The molecule has 6 heteroatoms. The fourth-order valence-corrected chi connectivity index (χ4v) is 3.57. The molecule has 3 aromatic rings. The fraction of sp³-hybridized carbons (Fsp3) is 0.130. The Balaban J connectivity index is 1.40. The Labute approximate surface area is 177 Å². The Kier molecular flexibility index (Phi) is 5.62. The molecule has 0 unspecified atom stereocenters. The maximum absolute atomic E-state index is 12.8. The standard InChI is InChI=1S/C23H19BrN2O3/c24-19-2-1-3-21(14-19)29-22-9-6-18(15-25-22)23(28)26-12-10-17(11-13-26)16-4-7-20(27)8-5-16/h1-10,14-15,27H,11-13H2. The van der Waals surface area contributed by atoms with Gasteiger partial charge in [0.25, 0.3) is 5.91 Å². The number of rotatable bonds is 4. The molecule has 1 amide bonds. The second kappa shape index (κ2) is 8.49. The summed E-state index contributed by atoms with van der Waals surface area (Å²) in [6.07, 6.45) is 4.38. The van der Waals surface area contributed by atoms with Crippen molar-refractivity contribution in [1.82, 2.24) is 9.88 Å². The van der Waals surface area contributed by atoms with E-state index in [0.717, 1.165) is 16.5 Å². The first-order valence-corrected chi connectivity index (χ1v) is 10.0. The number of hydrogen-bond acceptors (Lipinski definition) is 4. The van der Waals surface area contributed by atoms with Crippen molar-refractivity contribution in [2.24, 2.45) is 0 Å². The van der Waals surface area contributed by atoms with Crippen molar-refractivity contribution < 1.29 is 14.6 Å². The number of aromatic hydroxyl groups is 1. The first kappa shape index (κ1) is 19.2. The largest absolute Gasteiger partial charge is 0.508 e. The Hall–Kier alpha value is -3.12. The number of halogens is 1. The van der Waals surface area contributed by atoms with Gasteiger partial charge in [-0.3, -0.25) is 4.79 Å². The number of ether oxygens (including phenoxy) is 1. The van der Waals surface area contributed by atoms with Crippen LogP contribution in [0, 0.1) is 0 Å². The van der Waals surface area contributed by atoms with Crippen molar-refractivity contribution in [3.63, 3.8) is 0 Å². The van der Waals surface area contributed by atoms with Crippen LogP contribution in [0.4, 0.5) is 0 Å². The van der Waals surface area contributed by atoms with E-state index in [9.17, 15) is 9.90 Å². The second-order valence-electron chi connectivity index (χ2n) is 6.72. The molecule has 1 aliphatic rings. The smallest absolute Gasteiger partial charge is 0.255 e. The summed E-state index contributed by atoms with van der Waals surface area (Å²) in [5, 5.41) is 9.42. The maximum atomic E-state index is 12.8. The van der Waals surface area contributed by atoms with Gasteiger partial charge < -0.3 is 14.7 Å². The summed E-state index contributed by atoms with van der Waals surface area (Å²) in [4.78, 5) is 18.8. The number of amides is 1. The Bertz CT molecular complexity index is 1050. The third kappa shape index (κ3) is 4.66. The molecule has 0 bridgehead atoms. The van der Waals surface area contributed by atoms with Gasteiger partial charge in [-0.2, -0.15) is 0 Å². The van der Waals surface area contributed by atoms with Crippen LogP contribution in [-0.2, 0) is 0 Å². The van der Waals surface area contributed by atoms with Crippen molar-refractivity contribution in [1.29, 1.82) is 0 Å². The van der Waals surface area contributed by atoms with Crippen LogP contribution < -0.4 is 4.74 Å². The molecule has 0 radical (unpaired) electrons. The molecule has 2 aromatic carbocycles. The van der Waals surface area contributed by atoms with Gasteiger partial charge in [0.15, 0.2) is 0 Å². The van der Waals surface area contributed by atoms with E-state index >= 15 is 0 Å². The second-order valence-corrected chi connectivity index (χ2v) is 7.64. The van der Waals surface area contributed by atoms with Gasteiger partial charge in [0.2, 0.25) is 5.88 Å². The van der Waals surface area contributed by atoms with Crippen LogP contribution in [0.15, 0.2) is 77.4 Å². The molecule has 1 aliphatic heterocycles. The van der Waals surface area contributed by atoms with Crippen molar-refractivity contribution in [2.75, 3.05) is 13.1 Å². The van der Waals surface area contributed by atoms with Crippen LogP contribution in [0.5, 0.6) is 17.4 Å². The summed E-state index contributed by atoms with van der Waals surface area (Å²) in [6, 6.07) is 18.1. The van der Waals surface area contributed by atoms with E-state index in [4.69, 9.17) is 4.74 Å². The van der Waals surface area contributed by atoms with Crippen LogP contribution >= 0.6 is 15.9 Å². The van der Waals surface area contributed by atoms with Crippen molar-refractivity contribution in [2.45, 2.75) is 6.42 Å². The number of pyridine rings is 1. The predicted molar refractivity (Wildman–Crippen MR) is 115 cm³/mol. The number of aromatic nitrogens is 1. The van der Waals surface area contributed by atoms with Crippen LogP contribution in [0.3, 0.4) is 0 Å². The van der Waals surface area contributed by atoms with Gasteiger partial charge in [0.1, 0.15) is 11.5 Å². The molecule has 29 heavy (non-hydrogen) atoms. The van der Waals surface area contributed by atoms with Gasteiger partial charge in [0.05, 0.1) is 5.56 Å². The zero-order chi connectivity index (χ0) is 20.2. The summed E-state index contributed by atoms with van der Waals surface area (Å²) >= 11 is 3.41. The molecule has 0 aliphatic carbocycles. The lowest BCUT2D eigenvalue weighted by atomic mass is 9.99. The highest BCUT2D eigenvalue weighted by atomic mass is 79.9. The first-order chi connectivity index (χ1) is 14.1. The Morgan fingerprint density at radius 1 is 1.10 bits per heavy atom. The van der Waals surface area contributed by atoms with Crippen LogP contribution in [0.25, 0.3) is 5.57 Å². The monoisotopic (exact) mass is 450 g/mol. The maximum Gasteiger partial charge on any atom is 0.255 e. The average molecular weight is 451 g/mol. The predicted octanol–water partition coefficient (Wildman–Crippen LogP) is 5.27. The van der Waals surface area contributed by atoms with E-state index in [2.05, 4.69) is 27.0 Å². The fourth-order valence-electron chi connectivity index (χ4n) is 3.19. The van der Waals surface area contributed by atoms with Gasteiger partial charge in [-0.25, -0.2) is 4.98 Å². The van der Waals surface area contributed by atoms with E-state index in [1.165, 1.54) is 5.57 Å². The van der Waals surface area contributed by atoms with E-state index in [-0.39, 0.29) is 11.7 Å². The molecule has 1 aromatic heterocycles. The van der Waals surface area contributed by atoms with Gasteiger partial charge >= 0.3 is 0 Å². The number of phenols is 1. The van der Waals surface area contributed by atoms with Crippen molar-refractivity contribution in [3.8, 4) is 17.4 Å². The lowest BCUT2D eigenvalue weighted by Crippen LogP contribution is -2.34. The molecule has 4 rings (SSSR count). The molecule has 0 saturated heterocycles. The molecule has 146 valence electrons. The molecular weight excluding hydrogens is 432 g/mol. The lowest BCUT2D eigenvalue weighted by Gasteiger charge is -2.26. The SMILES string of the molecule is O=C(c1ccc(Oc2cccc(Br)c2)nc1)N1CC=C(c2ccc(O)cc2)CC1. The van der Waals surface area contributed by atoms with E-state index in [1.807, 2.05) is 36.4 Å². The number of hydrogen-bond donors (Lipinski definition) is 1. The van der Waals surface area contributed by atoms with Crippen LogP contribution in [0.2, 0.25) is 0 Å². The molecule has 2 heterocycles. The zero-order valence-corrected chi connectivity index (χ0v) is 17.2. The third-order valence-electron chi connectivity index (χ3n) is 4.74. The van der Waals surface area contributed by atoms with Crippen LogP contribution in [-0.4, -0.2) is 34.0 Å². The average Bonchev–Trinajstić information content (AvgIpc) is 2.75. The zero-order valence-electron chi connectivity index (χ0n) is 15.6. The summed E-state index contributed by atoms with van der Waals surface area (Å²) < 4.78 is 6.64. The number of benzene rings is 2. The van der Waals surface area contributed by atoms with E-state index < -0.39 is 0 Å². The van der Waals surface area contributed by atoms with Gasteiger partial charge in [-0.05, 0) is 54.0 Å². The third-order valence-corrected chi connectivity index (χ3v) is 5.23. The number of nitrogens with zero attached hydrogens (tertiary/aromatic N) is 2. The van der Waals surface area contributed by atoms with Crippen molar-refractivity contribution in [3.05, 3.63) is 88.5 Å². The molecule has 0 saturated carbocycles. The van der Waals surface area contributed by atoms with Gasteiger partial charge in [-0.15, -0.1) is 0 Å². The van der Waals surface area contributed by atoms with Gasteiger partial charge in [-0.1, -0.05) is 40.2 Å². The minimum Gasteiger partial charge on any atom is -0.508 e. The normalized spacial score (nSPS) is 13.7. The molecule has 5 nitrogen and oxygen atoms in total.